The lowest BCUT2D eigenvalue weighted by atomic mass is 10.1. The van der Waals surface area contributed by atoms with Crippen LogP contribution in [0.1, 0.15) is 29.3 Å². The Morgan fingerprint density at radius 2 is 1.70 bits per heavy atom. The molecule has 2 N–H and O–H groups in total. The third-order valence-corrected chi connectivity index (χ3v) is 4.17. The monoisotopic (exact) mass is 421 g/mol. The number of carbonyl (C=O) groups excluding carboxylic acids is 3. The van der Waals surface area contributed by atoms with Crippen LogP contribution in [0.15, 0.2) is 54.6 Å². The van der Waals surface area contributed by atoms with Crippen molar-refractivity contribution in [2.75, 3.05) is 18.4 Å². The van der Waals surface area contributed by atoms with Crippen LogP contribution in [-0.4, -0.2) is 41.9 Å². The van der Waals surface area contributed by atoms with Gasteiger partial charge in [0.25, 0.3) is 5.91 Å². The molecule has 0 unspecified atom stereocenters. The number of halogens is 3. The van der Waals surface area contributed by atoms with E-state index in [1.165, 1.54) is 13.0 Å². The molecule has 0 fully saturated rings. The average molecular weight is 421 g/mol. The number of benzene rings is 2. The maximum absolute atomic E-state index is 12.6. The highest BCUT2D eigenvalue weighted by Gasteiger charge is 2.41. The molecule has 0 aromatic heterocycles. The van der Waals surface area contributed by atoms with Gasteiger partial charge in [0, 0.05) is 37.3 Å². The van der Waals surface area contributed by atoms with Gasteiger partial charge in [-0.15, -0.1) is 0 Å². The largest absolute Gasteiger partial charge is 0.471 e. The molecular formula is C21H22F3N3O3. The number of rotatable bonds is 8. The molecular weight excluding hydrogens is 399 g/mol. The first-order valence-electron chi connectivity index (χ1n) is 9.29. The molecule has 2 aromatic rings. The molecule has 0 heterocycles. The third kappa shape index (κ3) is 6.91. The van der Waals surface area contributed by atoms with E-state index in [1.807, 2.05) is 0 Å². The van der Waals surface area contributed by atoms with Gasteiger partial charge in [0.2, 0.25) is 5.91 Å². The van der Waals surface area contributed by atoms with Gasteiger partial charge in [0.15, 0.2) is 0 Å². The van der Waals surface area contributed by atoms with Crippen LogP contribution in [0.25, 0.3) is 0 Å². The number of anilines is 1. The molecule has 3 amide bonds. The predicted molar refractivity (Wildman–Crippen MR) is 106 cm³/mol. The van der Waals surface area contributed by atoms with Crippen molar-refractivity contribution in [3.8, 4) is 0 Å². The van der Waals surface area contributed by atoms with Crippen LogP contribution in [-0.2, 0) is 16.1 Å². The molecule has 0 radical (unpaired) electrons. The van der Waals surface area contributed by atoms with E-state index in [1.54, 1.807) is 48.5 Å². The molecule has 9 heteroatoms. The average Bonchev–Trinajstić information content (AvgIpc) is 2.71. The van der Waals surface area contributed by atoms with Gasteiger partial charge >= 0.3 is 12.1 Å². The molecule has 0 aliphatic carbocycles. The van der Waals surface area contributed by atoms with Gasteiger partial charge in [-0.2, -0.15) is 13.2 Å². The minimum absolute atomic E-state index is 0.0243. The van der Waals surface area contributed by atoms with E-state index in [4.69, 9.17) is 0 Å². The molecule has 2 aromatic carbocycles. The summed E-state index contributed by atoms with van der Waals surface area (Å²) in [6.07, 6.45) is -4.91. The van der Waals surface area contributed by atoms with Crippen LogP contribution in [0, 0.1) is 0 Å². The number of nitrogens with zero attached hydrogens (tertiary/aromatic N) is 1. The molecule has 0 aliphatic heterocycles. The first kappa shape index (κ1) is 22.9. The smallest absolute Gasteiger partial charge is 0.352 e. The molecule has 0 saturated carbocycles. The van der Waals surface area contributed by atoms with Crippen molar-refractivity contribution in [2.24, 2.45) is 0 Å². The molecule has 0 atom stereocenters. The number of hydrogen-bond donors (Lipinski definition) is 2. The van der Waals surface area contributed by atoms with E-state index in [0.29, 0.717) is 21.7 Å². The Balaban J connectivity index is 1.87. The number of carbonyl (C=O) groups is 3. The Bertz CT molecular complexity index is 886. The van der Waals surface area contributed by atoms with Gasteiger partial charge in [-0.1, -0.05) is 30.3 Å². The van der Waals surface area contributed by atoms with Crippen molar-refractivity contribution in [3.63, 3.8) is 0 Å². The molecule has 2 rings (SSSR count). The van der Waals surface area contributed by atoms with E-state index in [-0.39, 0.29) is 37.9 Å². The molecule has 6 nitrogen and oxygen atoms in total. The van der Waals surface area contributed by atoms with Crippen LogP contribution < -0.4 is 10.6 Å². The summed E-state index contributed by atoms with van der Waals surface area (Å²) in [7, 11) is 0. The van der Waals surface area contributed by atoms with Gasteiger partial charge in [-0.05, 0) is 36.8 Å². The number of nitrogens with one attached hydrogen (secondary N) is 2. The molecule has 160 valence electrons. The first-order valence-corrected chi connectivity index (χ1v) is 9.29. The van der Waals surface area contributed by atoms with Gasteiger partial charge in [0.1, 0.15) is 0 Å². The van der Waals surface area contributed by atoms with Gasteiger partial charge in [-0.25, -0.2) is 0 Å². The van der Waals surface area contributed by atoms with E-state index in [9.17, 15) is 27.6 Å². The summed E-state index contributed by atoms with van der Waals surface area (Å²) >= 11 is 0. The number of hydrogen-bond acceptors (Lipinski definition) is 3. The highest BCUT2D eigenvalue weighted by atomic mass is 19.4. The van der Waals surface area contributed by atoms with Crippen molar-refractivity contribution >= 4 is 23.4 Å². The second kappa shape index (κ2) is 10.4. The Kier molecular flexibility index (Phi) is 7.97. The molecule has 0 bridgehead atoms. The summed E-state index contributed by atoms with van der Waals surface area (Å²) in [5, 5.41) is 5.27. The van der Waals surface area contributed by atoms with Crippen LogP contribution in [0.5, 0.6) is 0 Å². The fourth-order valence-corrected chi connectivity index (χ4v) is 2.68. The Hall–Kier alpha value is -3.36. The van der Waals surface area contributed by atoms with Gasteiger partial charge < -0.3 is 15.5 Å². The normalized spacial score (nSPS) is 10.9. The molecule has 0 saturated heterocycles. The van der Waals surface area contributed by atoms with E-state index in [0.717, 1.165) is 0 Å². The SMILES string of the molecule is CCN(Cc1cccc(NC(=O)CCNC(=O)c2ccccc2)c1)C(=O)C(F)(F)F. The van der Waals surface area contributed by atoms with Crippen LogP contribution >= 0.6 is 0 Å². The fourth-order valence-electron chi connectivity index (χ4n) is 2.68. The molecule has 30 heavy (non-hydrogen) atoms. The van der Waals surface area contributed by atoms with Crippen molar-refractivity contribution in [1.29, 1.82) is 0 Å². The third-order valence-electron chi connectivity index (χ3n) is 4.17. The van der Waals surface area contributed by atoms with Crippen LogP contribution in [0.4, 0.5) is 18.9 Å². The minimum atomic E-state index is -4.94. The maximum Gasteiger partial charge on any atom is 0.471 e. The Morgan fingerprint density at radius 3 is 2.33 bits per heavy atom. The maximum atomic E-state index is 12.6. The lowest BCUT2D eigenvalue weighted by Crippen LogP contribution is -2.40. The lowest BCUT2D eigenvalue weighted by molar-refractivity contribution is -0.185. The highest BCUT2D eigenvalue weighted by Crippen LogP contribution is 2.21. The summed E-state index contributed by atoms with van der Waals surface area (Å²) in [4.78, 5) is 36.1. The number of amides is 3. The minimum Gasteiger partial charge on any atom is -0.352 e. The summed E-state index contributed by atoms with van der Waals surface area (Å²) in [5.41, 5.74) is 1.33. The van der Waals surface area contributed by atoms with Gasteiger partial charge in [-0.3, -0.25) is 14.4 Å². The quantitative estimate of drug-likeness (QED) is 0.686. The Labute approximate surface area is 172 Å². The zero-order valence-electron chi connectivity index (χ0n) is 16.3. The topological polar surface area (TPSA) is 78.5 Å². The van der Waals surface area contributed by atoms with E-state index in [2.05, 4.69) is 10.6 Å². The summed E-state index contributed by atoms with van der Waals surface area (Å²) in [6.45, 7) is 1.25. The zero-order valence-corrected chi connectivity index (χ0v) is 16.3. The van der Waals surface area contributed by atoms with E-state index < -0.39 is 12.1 Å². The first-order chi connectivity index (χ1) is 14.2. The van der Waals surface area contributed by atoms with Crippen molar-refractivity contribution in [3.05, 3.63) is 65.7 Å². The van der Waals surface area contributed by atoms with E-state index >= 15 is 0 Å². The molecule has 0 aliphatic rings. The van der Waals surface area contributed by atoms with Gasteiger partial charge in [0.05, 0.1) is 0 Å². The predicted octanol–water partition coefficient (Wildman–Crippen LogP) is 3.36. The summed E-state index contributed by atoms with van der Waals surface area (Å²) < 4.78 is 37.9. The summed E-state index contributed by atoms with van der Waals surface area (Å²) in [6, 6.07) is 14.8. The standard InChI is InChI=1S/C21H22F3N3O3/c1-2-27(20(30)21(22,23)24)14-15-7-6-10-17(13-15)26-18(28)11-12-25-19(29)16-8-4-3-5-9-16/h3-10,13H,2,11-12,14H2,1H3,(H,25,29)(H,26,28). The Morgan fingerprint density at radius 1 is 1.00 bits per heavy atom. The van der Waals surface area contributed by atoms with Crippen molar-refractivity contribution in [2.45, 2.75) is 26.1 Å². The summed E-state index contributed by atoms with van der Waals surface area (Å²) in [5.74, 6) is -2.56. The second-order valence-electron chi connectivity index (χ2n) is 6.44. The number of alkyl halides is 3. The zero-order chi connectivity index (χ0) is 22.1. The van der Waals surface area contributed by atoms with Crippen molar-refractivity contribution < 1.29 is 27.6 Å². The lowest BCUT2D eigenvalue weighted by Gasteiger charge is -2.22. The molecule has 0 spiro atoms. The highest BCUT2D eigenvalue weighted by molar-refractivity contribution is 5.95. The van der Waals surface area contributed by atoms with Crippen LogP contribution in [0.2, 0.25) is 0 Å². The fraction of sp³-hybridized carbons (Fsp3) is 0.286. The van der Waals surface area contributed by atoms with Crippen molar-refractivity contribution in [1.82, 2.24) is 10.2 Å². The second-order valence-corrected chi connectivity index (χ2v) is 6.44. The van der Waals surface area contributed by atoms with Crippen LogP contribution in [0.3, 0.4) is 0 Å².